The lowest BCUT2D eigenvalue weighted by atomic mass is 10.2. The minimum absolute atomic E-state index is 0.00423. The smallest absolute Gasteiger partial charge is 0.324 e. The van der Waals surface area contributed by atoms with Gasteiger partial charge < -0.3 is 5.32 Å². The normalized spacial score (nSPS) is 11.4. The van der Waals surface area contributed by atoms with Gasteiger partial charge >= 0.3 is 6.18 Å². The van der Waals surface area contributed by atoms with E-state index >= 15 is 0 Å². The Morgan fingerprint density at radius 3 is 2.52 bits per heavy atom. The van der Waals surface area contributed by atoms with Gasteiger partial charge in [-0.2, -0.15) is 18.3 Å². The van der Waals surface area contributed by atoms with Crippen LogP contribution in [-0.2, 0) is 17.5 Å². The summed E-state index contributed by atoms with van der Waals surface area (Å²) < 4.78 is 39.1. The van der Waals surface area contributed by atoms with Crippen molar-refractivity contribution < 1.29 is 22.9 Å². The van der Waals surface area contributed by atoms with Crippen molar-refractivity contribution in [3.63, 3.8) is 0 Å². The molecule has 134 valence electrons. The number of hydrogen-bond acceptors (Lipinski definition) is 4. The first-order valence-electron chi connectivity index (χ1n) is 6.85. The van der Waals surface area contributed by atoms with E-state index in [0.717, 1.165) is 4.68 Å². The zero-order valence-corrected chi connectivity index (χ0v) is 13.8. The van der Waals surface area contributed by atoms with Crippen LogP contribution in [0.5, 0.6) is 0 Å². The van der Waals surface area contributed by atoms with Crippen molar-refractivity contribution in [1.29, 1.82) is 0 Å². The van der Waals surface area contributed by atoms with E-state index in [9.17, 15) is 28.1 Å². The van der Waals surface area contributed by atoms with Gasteiger partial charge in [-0.25, -0.2) is 0 Å². The lowest BCUT2D eigenvalue weighted by Gasteiger charge is -2.09. The highest BCUT2D eigenvalue weighted by atomic mass is 35.5. The first kappa shape index (κ1) is 18.7. The molecular formula is C14H12ClF3N4O3. The second-order valence-electron chi connectivity index (χ2n) is 5.21. The van der Waals surface area contributed by atoms with Crippen molar-refractivity contribution in [3.05, 3.63) is 50.3 Å². The SMILES string of the molecule is Cc1cc([N+](=O)[O-])ccc1NC(=O)Cn1nc(C(F)(F)F)c(Cl)c1C. The van der Waals surface area contributed by atoms with Gasteiger partial charge in [0.15, 0.2) is 5.69 Å². The number of hydrogen-bond donors (Lipinski definition) is 1. The molecule has 0 atom stereocenters. The molecule has 0 saturated heterocycles. The average Bonchev–Trinajstić information content (AvgIpc) is 2.77. The van der Waals surface area contributed by atoms with Gasteiger partial charge in [0.2, 0.25) is 5.91 Å². The van der Waals surface area contributed by atoms with Gasteiger partial charge in [0.25, 0.3) is 5.69 Å². The summed E-state index contributed by atoms with van der Waals surface area (Å²) >= 11 is 5.62. The van der Waals surface area contributed by atoms with Gasteiger partial charge in [-0.05, 0) is 25.5 Å². The average molecular weight is 377 g/mol. The molecule has 2 rings (SSSR count). The van der Waals surface area contributed by atoms with E-state index in [1.54, 1.807) is 6.92 Å². The van der Waals surface area contributed by atoms with Crippen LogP contribution in [-0.4, -0.2) is 20.6 Å². The fourth-order valence-electron chi connectivity index (χ4n) is 2.09. The highest BCUT2D eigenvalue weighted by molar-refractivity contribution is 6.32. The Labute approximate surface area is 144 Å². The summed E-state index contributed by atoms with van der Waals surface area (Å²) in [6.07, 6.45) is -4.72. The van der Waals surface area contributed by atoms with Crippen LogP contribution in [0.2, 0.25) is 5.02 Å². The summed E-state index contributed by atoms with van der Waals surface area (Å²) in [5, 5.41) is 15.9. The van der Waals surface area contributed by atoms with Crippen LogP contribution < -0.4 is 5.32 Å². The van der Waals surface area contributed by atoms with E-state index in [2.05, 4.69) is 10.4 Å². The number of alkyl halides is 3. The van der Waals surface area contributed by atoms with E-state index in [-0.39, 0.29) is 11.4 Å². The number of nitrogens with one attached hydrogen (secondary N) is 1. The summed E-state index contributed by atoms with van der Waals surface area (Å²) in [7, 11) is 0. The molecule has 1 heterocycles. The molecule has 0 spiro atoms. The molecule has 0 fully saturated rings. The quantitative estimate of drug-likeness (QED) is 0.650. The van der Waals surface area contributed by atoms with E-state index in [1.165, 1.54) is 25.1 Å². The van der Waals surface area contributed by atoms with Crippen molar-refractivity contribution in [3.8, 4) is 0 Å². The summed E-state index contributed by atoms with van der Waals surface area (Å²) in [6, 6.07) is 3.82. The molecule has 11 heteroatoms. The maximum atomic E-state index is 12.8. The number of anilines is 1. The molecule has 0 aliphatic heterocycles. The van der Waals surface area contributed by atoms with Crippen LogP contribution >= 0.6 is 11.6 Å². The predicted molar refractivity (Wildman–Crippen MR) is 83.4 cm³/mol. The Hall–Kier alpha value is -2.62. The van der Waals surface area contributed by atoms with E-state index in [4.69, 9.17) is 11.6 Å². The lowest BCUT2D eigenvalue weighted by molar-refractivity contribution is -0.384. The molecule has 0 radical (unpaired) electrons. The molecule has 1 amide bonds. The van der Waals surface area contributed by atoms with Gasteiger partial charge in [-0.1, -0.05) is 11.6 Å². The highest BCUT2D eigenvalue weighted by Gasteiger charge is 2.38. The fourth-order valence-corrected chi connectivity index (χ4v) is 2.33. The van der Waals surface area contributed by atoms with Crippen molar-refractivity contribution in [2.24, 2.45) is 0 Å². The topological polar surface area (TPSA) is 90.1 Å². The Bertz CT molecular complexity index is 849. The van der Waals surface area contributed by atoms with Crippen LogP contribution in [0, 0.1) is 24.0 Å². The van der Waals surface area contributed by atoms with E-state index in [1.807, 2.05) is 0 Å². The Morgan fingerprint density at radius 2 is 2.04 bits per heavy atom. The molecule has 0 aliphatic rings. The zero-order valence-electron chi connectivity index (χ0n) is 13.0. The maximum absolute atomic E-state index is 12.8. The van der Waals surface area contributed by atoms with Gasteiger partial charge in [0.1, 0.15) is 6.54 Å². The number of non-ortho nitro benzene ring substituents is 1. The number of aryl methyl sites for hydroxylation is 1. The third-order valence-electron chi connectivity index (χ3n) is 3.39. The van der Waals surface area contributed by atoms with Gasteiger partial charge in [-0.15, -0.1) is 0 Å². The largest absolute Gasteiger partial charge is 0.436 e. The van der Waals surface area contributed by atoms with Crippen molar-refractivity contribution in [2.45, 2.75) is 26.6 Å². The van der Waals surface area contributed by atoms with Crippen molar-refractivity contribution in [2.75, 3.05) is 5.32 Å². The standard InChI is InChI=1S/C14H12ClF3N4O3/c1-7-5-9(22(24)25)3-4-10(7)19-11(23)6-21-8(2)12(15)13(20-21)14(16,17)18/h3-5H,6H2,1-2H3,(H,19,23). The summed E-state index contributed by atoms with van der Waals surface area (Å²) in [5.41, 5.74) is -0.646. The Balaban J connectivity index is 2.17. The second kappa shape index (κ2) is 6.71. The number of carbonyl (C=O) groups excluding carboxylic acids is 1. The highest BCUT2D eigenvalue weighted by Crippen LogP contribution is 2.35. The molecule has 0 saturated carbocycles. The number of amides is 1. The lowest BCUT2D eigenvalue weighted by Crippen LogP contribution is -2.21. The molecule has 2 aromatic rings. The molecule has 0 aliphatic carbocycles. The van der Waals surface area contributed by atoms with E-state index < -0.39 is 34.3 Å². The van der Waals surface area contributed by atoms with Crippen molar-refractivity contribution in [1.82, 2.24) is 9.78 Å². The van der Waals surface area contributed by atoms with E-state index in [0.29, 0.717) is 11.3 Å². The monoisotopic (exact) mass is 376 g/mol. The minimum atomic E-state index is -4.72. The fraction of sp³-hybridized carbons (Fsp3) is 0.286. The number of benzene rings is 1. The molecule has 1 aromatic carbocycles. The van der Waals surface area contributed by atoms with Crippen LogP contribution in [0.25, 0.3) is 0 Å². The van der Waals surface area contributed by atoms with Gasteiger partial charge in [0.05, 0.1) is 15.6 Å². The summed E-state index contributed by atoms with van der Waals surface area (Å²) in [4.78, 5) is 22.2. The third-order valence-corrected chi connectivity index (χ3v) is 3.84. The summed E-state index contributed by atoms with van der Waals surface area (Å²) in [5.74, 6) is -0.645. The van der Waals surface area contributed by atoms with Crippen LogP contribution in [0.1, 0.15) is 17.0 Å². The molecule has 7 nitrogen and oxygen atoms in total. The van der Waals surface area contributed by atoms with Gasteiger partial charge in [-0.3, -0.25) is 19.6 Å². The third kappa shape index (κ3) is 4.08. The van der Waals surface area contributed by atoms with Crippen LogP contribution in [0.3, 0.4) is 0 Å². The minimum Gasteiger partial charge on any atom is -0.324 e. The molecular weight excluding hydrogens is 365 g/mol. The number of nitro benzene ring substituents is 1. The molecule has 1 N–H and O–H groups in total. The zero-order chi connectivity index (χ0) is 18.9. The first-order valence-corrected chi connectivity index (χ1v) is 7.23. The van der Waals surface area contributed by atoms with Crippen molar-refractivity contribution >= 4 is 28.9 Å². The molecule has 0 bridgehead atoms. The number of carbonyl (C=O) groups is 1. The maximum Gasteiger partial charge on any atom is 0.436 e. The number of nitro groups is 1. The number of aromatic nitrogens is 2. The van der Waals surface area contributed by atoms with Crippen LogP contribution in [0.15, 0.2) is 18.2 Å². The second-order valence-corrected chi connectivity index (χ2v) is 5.59. The molecule has 0 unspecified atom stereocenters. The number of halogens is 4. The molecule has 25 heavy (non-hydrogen) atoms. The first-order chi connectivity index (χ1) is 11.5. The van der Waals surface area contributed by atoms with Crippen LogP contribution in [0.4, 0.5) is 24.5 Å². The number of rotatable bonds is 4. The number of nitrogens with zero attached hydrogens (tertiary/aromatic N) is 3. The molecule has 1 aromatic heterocycles. The Kier molecular flexibility index (Phi) is 5.02. The Morgan fingerprint density at radius 1 is 1.40 bits per heavy atom. The predicted octanol–water partition coefficient (Wildman–Crippen LogP) is 3.72. The van der Waals surface area contributed by atoms with Gasteiger partial charge in [0, 0.05) is 17.8 Å². The summed E-state index contributed by atoms with van der Waals surface area (Å²) in [6.45, 7) is 2.38.